The third-order valence-electron chi connectivity index (χ3n) is 2.14. The van der Waals surface area contributed by atoms with Gasteiger partial charge in [-0.1, -0.05) is 0 Å². The highest BCUT2D eigenvalue weighted by Gasteiger charge is 2.23. The van der Waals surface area contributed by atoms with Crippen molar-refractivity contribution in [2.75, 3.05) is 13.2 Å². The molecule has 0 radical (unpaired) electrons. The number of hydrogen-bond acceptors (Lipinski definition) is 3. The van der Waals surface area contributed by atoms with E-state index >= 15 is 0 Å². The predicted molar refractivity (Wildman–Crippen MR) is 48.6 cm³/mol. The monoisotopic (exact) mass is 187 g/mol. The Morgan fingerprint density at radius 2 is 2.54 bits per heavy atom. The van der Waals surface area contributed by atoms with Crippen LogP contribution < -0.4 is 5.32 Å². The fraction of sp³-hybridized carbons (Fsp3) is 0.889. The van der Waals surface area contributed by atoms with Crippen molar-refractivity contribution in [2.24, 2.45) is 0 Å². The zero-order valence-electron chi connectivity index (χ0n) is 8.21. The van der Waals surface area contributed by atoms with Crippen LogP contribution in [0.2, 0.25) is 0 Å². The van der Waals surface area contributed by atoms with Gasteiger partial charge in [0.1, 0.15) is 0 Å². The van der Waals surface area contributed by atoms with Gasteiger partial charge in [-0.15, -0.1) is 0 Å². The number of carbonyl (C=O) groups is 1. The summed E-state index contributed by atoms with van der Waals surface area (Å²) in [4.78, 5) is 11.0. The summed E-state index contributed by atoms with van der Waals surface area (Å²) in [6.07, 6.45) is 1.91. The Morgan fingerprint density at radius 3 is 3.08 bits per heavy atom. The minimum absolute atomic E-state index is 0.0431. The highest BCUT2D eigenvalue weighted by Crippen LogP contribution is 2.15. The van der Waals surface area contributed by atoms with Gasteiger partial charge in [0.25, 0.3) is 0 Å². The number of rotatable bonds is 3. The third kappa shape index (κ3) is 3.22. The van der Waals surface area contributed by atoms with E-state index in [1.54, 1.807) is 6.92 Å². The van der Waals surface area contributed by atoms with Crippen LogP contribution in [-0.4, -0.2) is 31.5 Å². The van der Waals surface area contributed by atoms with Gasteiger partial charge < -0.3 is 14.8 Å². The zero-order valence-corrected chi connectivity index (χ0v) is 8.21. The summed E-state index contributed by atoms with van der Waals surface area (Å²) in [5, 5.41) is 2.74. The topological polar surface area (TPSA) is 47.6 Å². The van der Waals surface area contributed by atoms with Gasteiger partial charge in [0, 0.05) is 6.61 Å². The Kier molecular flexibility index (Phi) is 4.02. The van der Waals surface area contributed by atoms with Crippen molar-refractivity contribution in [3.63, 3.8) is 0 Å². The van der Waals surface area contributed by atoms with Gasteiger partial charge in [-0.05, 0) is 26.7 Å². The van der Waals surface area contributed by atoms with Crippen molar-refractivity contribution < 1.29 is 14.3 Å². The van der Waals surface area contributed by atoms with E-state index in [4.69, 9.17) is 9.47 Å². The average molecular weight is 187 g/mol. The molecule has 1 aliphatic heterocycles. The minimum Gasteiger partial charge on any atom is -0.450 e. The molecule has 2 atom stereocenters. The Hall–Kier alpha value is -0.770. The van der Waals surface area contributed by atoms with Crippen LogP contribution in [0.4, 0.5) is 4.79 Å². The first-order valence-electron chi connectivity index (χ1n) is 4.79. The second-order valence-corrected chi connectivity index (χ2v) is 3.20. The van der Waals surface area contributed by atoms with Crippen molar-refractivity contribution in [1.82, 2.24) is 5.32 Å². The molecule has 0 unspecified atom stereocenters. The van der Waals surface area contributed by atoms with Gasteiger partial charge in [0.2, 0.25) is 0 Å². The molecule has 0 saturated carbocycles. The molecule has 4 heteroatoms. The van der Waals surface area contributed by atoms with Crippen LogP contribution in [0.3, 0.4) is 0 Å². The van der Waals surface area contributed by atoms with Crippen LogP contribution in [0.5, 0.6) is 0 Å². The maximum Gasteiger partial charge on any atom is 0.407 e. The fourth-order valence-corrected chi connectivity index (χ4v) is 1.45. The van der Waals surface area contributed by atoms with Crippen molar-refractivity contribution in [2.45, 2.75) is 38.8 Å². The van der Waals surface area contributed by atoms with Crippen LogP contribution in [-0.2, 0) is 9.47 Å². The molecular formula is C9H17NO3. The molecule has 1 rings (SSSR count). The molecule has 1 amide bonds. The molecule has 0 spiro atoms. The first-order valence-corrected chi connectivity index (χ1v) is 4.79. The Bertz CT molecular complexity index is 166. The lowest BCUT2D eigenvalue weighted by atomic mass is 10.1. The van der Waals surface area contributed by atoms with Crippen molar-refractivity contribution in [1.29, 1.82) is 0 Å². The van der Waals surface area contributed by atoms with Crippen LogP contribution >= 0.6 is 0 Å². The molecule has 76 valence electrons. The van der Waals surface area contributed by atoms with Crippen LogP contribution in [0.25, 0.3) is 0 Å². The van der Waals surface area contributed by atoms with Crippen molar-refractivity contribution >= 4 is 6.09 Å². The standard InChI is InChI=1S/C9H17NO3/c1-3-12-9(11)10-7(2)8-5-4-6-13-8/h7-8H,3-6H2,1-2H3,(H,10,11)/t7-,8-/m1/s1. The van der Waals surface area contributed by atoms with E-state index in [1.807, 2.05) is 6.92 Å². The van der Waals surface area contributed by atoms with Gasteiger partial charge in [-0.3, -0.25) is 0 Å². The molecule has 0 aliphatic carbocycles. The second-order valence-electron chi connectivity index (χ2n) is 3.20. The van der Waals surface area contributed by atoms with Gasteiger partial charge in [-0.25, -0.2) is 4.79 Å². The molecule has 1 saturated heterocycles. The Balaban J connectivity index is 2.22. The SMILES string of the molecule is CCOC(=O)N[C@H](C)[C@H]1CCCO1. The van der Waals surface area contributed by atoms with Gasteiger partial charge in [0.05, 0.1) is 18.8 Å². The number of hydrogen-bond donors (Lipinski definition) is 1. The first-order chi connectivity index (χ1) is 6.24. The lowest BCUT2D eigenvalue weighted by Gasteiger charge is -2.19. The van der Waals surface area contributed by atoms with Gasteiger partial charge in [-0.2, -0.15) is 0 Å². The molecule has 1 aliphatic rings. The zero-order chi connectivity index (χ0) is 9.68. The van der Waals surface area contributed by atoms with E-state index in [0.717, 1.165) is 19.4 Å². The summed E-state index contributed by atoms with van der Waals surface area (Å²) in [6, 6.07) is 0.0431. The number of carbonyl (C=O) groups excluding carboxylic acids is 1. The largest absolute Gasteiger partial charge is 0.450 e. The van der Waals surface area contributed by atoms with E-state index < -0.39 is 0 Å². The van der Waals surface area contributed by atoms with E-state index in [9.17, 15) is 4.79 Å². The van der Waals surface area contributed by atoms with Gasteiger partial charge in [0.15, 0.2) is 0 Å². The van der Waals surface area contributed by atoms with Crippen LogP contribution in [0, 0.1) is 0 Å². The fourth-order valence-electron chi connectivity index (χ4n) is 1.45. The molecule has 1 heterocycles. The van der Waals surface area contributed by atoms with Crippen LogP contribution in [0.1, 0.15) is 26.7 Å². The predicted octanol–water partition coefficient (Wildman–Crippen LogP) is 1.30. The smallest absolute Gasteiger partial charge is 0.407 e. The molecule has 0 aromatic heterocycles. The van der Waals surface area contributed by atoms with Crippen LogP contribution in [0.15, 0.2) is 0 Å². The molecule has 1 N–H and O–H groups in total. The average Bonchev–Trinajstić information content (AvgIpc) is 2.55. The van der Waals surface area contributed by atoms with E-state index in [0.29, 0.717) is 6.61 Å². The molecular weight excluding hydrogens is 170 g/mol. The quantitative estimate of drug-likeness (QED) is 0.724. The summed E-state index contributed by atoms with van der Waals surface area (Å²) < 4.78 is 10.2. The maximum absolute atomic E-state index is 11.0. The molecule has 4 nitrogen and oxygen atoms in total. The molecule has 13 heavy (non-hydrogen) atoms. The third-order valence-corrected chi connectivity index (χ3v) is 2.14. The Labute approximate surface area is 78.6 Å². The lowest BCUT2D eigenvalue weighted by molar-refractivity contribution is 0.0777. The highest BCUT2D eigenvalue weighted by molar-refractivity contribution is 5.67. The molecule has 0 bridgehead atoms. The summed E-state index contributed by atoms with van der Waals surface area (Å²) in [5.74, 6) is 0. The number of alkyl carbamates (subject to hydrolysis) is 1. The number of amides is 1. The van der Waals surface area contributed by atoms with E-state index in [-0.39, 0.29) is 18.2 Å². The summed E-state index contributed by atoms with van der Waals surface area (Å²) in [7, 11) is 0. The lowest BCUT2D eigenvalue weighted by Crippen LogP contribution is -2.41. The molecule has 0 aromatic rings. The summed E-state index contributed by atoms with van der Waals surface area (Å²) >= 11 is 0. The normalized spacial score (nSPS) is 24.0. The first kappa shape index (κ1) is 10.3. The van der Waals surface area contributed by atoms with Gasteiger partial charge >= 0.3 is 6.09 Å². The summed E-state index contributed by atoms with van der Waals surface area (Å²) in [6.45, 7) is 4.94. The number of ether oxygens (including phenoxy) is 2. The molecule has 1 fully saturated rings. The number of nitrogens with one attached hydrogen (secondary N) is 1. The Morgan fingerprint density at radius 1 is 1.77 bits per heavy atom. The maximum atomic E-state index is 11.0. The summed E-state index contributed by atoms with van der Waals surface area (Å²) in [5.41, 5.74) is 0. The minimum atomic E-state index is -0.356. The van der Waals surface area contributed by atoms with Crippen molar-refractivity contribution in [3.8, 4) is 0 Å². The van der Waals surface area contributed by atoms with Crippen molar-refractivity contribution in [3.05, 3.63) is 0 Å². The highest BCUT2D eigenvalue weighted by atomic mass is 16.5. The van der Waals surface area contributed by atoms with E-state index in [1.165, 1.54) is 0 Å². The second kappa shape index (κ2) is 5.07. The molecule has 0 aromatic carbocycles. The van der Waals surface area contributed by atoms with E-state index in [2.05, 4.69) is 5.32 Å².